The summed E-state index contributed by atoms with van der Waals surface area (Å²) in [6.45, 7) is 6.07. The van der Waals surface area contributed by atoms with Crippen molar-refractivity contribution in [3.8, 4) is 0 Å². The first kappa shape index (κ1) is 22.1. The molecule has 0 spiro atoms. The third-order valence-corrected chi connectivity index (χ3v) is 6.21. The van der Waals surface area contributed by atoms with Gasteiger partial charge in [0.1, 0.15) is 0 Å². The molecule has 1 heterocycles. The molecule has 30 heavy (non-hydrogen) atoms. The molecule has 6 heteroatoms. The monoisotopic (exact) mass is 423 g/mol. The Hall–Kier alpha value is -2.60. The molecule has 2 atom stereocenters. The van der Waals surface area contributed by atoms with E-state index in [0.29, 0.717) is 16.1 Å². The lowest BCUT2D eigenvalue weighted by molar-refractivity contribution is -0.119. The van der Waals surface area contributed by atoms with Crippen LogP contribution in [0.4, 0.5) is 0 Å². The van der Waals surface area contributed by atoms with Crippen LogP contribution >= 0.6 is 11.8 Å². The number of aryl methyl sites for hydroxylation is 1. The molecular formula is C24H29N3O2S. The highest BCUT2D eigenvalue weighted by atomic mass is 32.2. The van der Waals surface area contributed by atoms with Gasteiger partial charge in [0.25, 0.3) is 5.56 Å². The van der Waals surface area contributed by atoms with Crippen LogP contribution in [-0.2, 0) is 11.2 Å². The average Bonchev–Trinajstić information content (AvgIpc) is 2.76. The molecule has 0 bridgehead atoms. The number of thioether (sulfide) groups is 1. The third kappa shape index (κ3) is 5.51. The fraction of sp³-hybridized carbons (Fsp3) is 0.375. The second kappa shape index (κ2) is 10.4. The maximum atomic E-state index is 13.0. The van der Waals surface area contributed by atoms with Crippen LogP contribution in [-0.4, -0.2) is 27.3 Å². The van der Waals surface area contributed by atoms with Crippen molar-refractivity contribution < 1.29 is 4.79 Å². The van der Waals surface area contributed by atoms with E-state index in [4.69, 9.17) is 0 Å². The Morgan fingerprint density at radius 1 is 1.10 bits per heavy atom. The van der Waals surface area contributed by atoms with Crippen molar-refractivity contribution >= 4 is 28.6 Å². The van der Waals surface area contributed by atoms with Crippen LogP contribution in [0.2, 0.25) is 0 Å². The minimum absolute atomic E-state index is 0.0185. The van der Waals surface area contributed by atoms with Gasteiger partial charge in [0, 0.05) is 12.1 Å². The Balaban J connectivity index is 1.65. The molecule has 0 saturated heterocycles. The summed E-state index contributed by atoms with van der Waals surface area (Å²) >= 11 is 1.32. The van der Waals surface area contributed by atoms with Crippen LogP contribution in [0.3, 0.4) is 0 Å². The number of amides is 1. The number of rotatable bonds is 9. The van der Waals surface area contributed by atoms with E-state index in [2.05, 4.69) is 22.4 Å². The van der Waals surface area contributed by atoms with Gasteiger partial charge >= 0.3 is 0 Å². The summed E-state index contributed by atoms with van der Waals surface area (Å²) in [6.07, 6.45) is 2.62. The molecule has 3 rings (SSSR count). The minimum atomic E-state index is -0.0471. The van der Waals surface area contributed by atoms with E-state index in [1.54, 1.807) is 10.6 Å². The van der Waals surface area contributed by atoms with Crippen molar-refractivity contribution in [3.05, 3.63) is 70.5 Å². The van der Waals surface area contributed by atoms with E-state index in [1.807, 2.05) is 57.2 Å². The van der Waals surface area contributed by atoms with Crippen LogP contribution in [0.25, 0.3) is 10.9 Å². The number of nitrogens with one attached hydrogen (secondary N) is 1. The van der Waals surface area contributed by atoms with Crippen LogP contribution in [0.1, 0.15) is 45.2 Å². The van der Waals surface area contributed by atoms with E-state index in [0.717, 1.165) is 19.3 Å². The summed E-state index contributed by atoms with van der Waals surface area (Å²) in [5.74, 6) is 0.190. The van der Waals surface area contributed by atoms with Gasteiger partial charge in [0.2, 0.25) is 5.91 Å². The molecule has 1 amide bonds. The molecule has 158 valence electrons. The van der Waals surface area contributed by atoms with Crippen LogP contribution in [0.5, 0.6) is 0 Å². The van der Waals surface area contributed by atoms with Gasteiger partial charge < -0.3 is 5.32 Å². The fourth-order valence-electron chi connectivity index (χ4n) is 3.35. The van der Waals surface area contributed by atoms with Gasteiger partial charge in [0.05, 0.1) is 16.7 Å². The molecule has 0 aliphatic rings. The molecule has 0 aliphatic carbocycles. The Morgan fingerprint density at radius 3 is 2.53 bits per heavy atom. The van der Waals surface area contributed by atoms with E-state index in [1.165, 1.54) is 17.3 Å². The summed E-state index contributed by atoms with van der Waals surface area (Å²) < 4.78 is 1.72. The second-order valence-corrected chi connectivity index (χ2v) is 8.57. The van der Waals surface area contributed by atoms with Crippen molar-refractivity contribution in [1.82, 2.24) is 14.9 Å². The zero-order valence-electron chi connectivity index (χ0n) is 17.8. The zero-order chi connectivity index (χ0) is 21.5. The first-order chi connectivity index (χ1) is 14.5. The number of para-hydroxylation sites is 1. The third-order valence-electron chi connectivity index (χ3n) is 5.26. The lowest BCUT2D eigenvalue weighted by Gasteiger charge is -2.18. The number of aromatic nitrogens is 2. The second-order valence-electron chi connectivity index (χ2n) is 7.63. The van der Waals surface area contributed by atoms with Crippen molar-refractivity contribution in [2.24, 2.45) is 0 Å². The van der Waals surface area contributed by atoms with Crippen LogP contribution in [0, 0.1) is 0 Å². The summed E-state index contributed by atoms with van der Waals surface area (Å²) in [6, 6.07) is 17.7. The number of benzene rings is 2. The van der Waals surface area contributed by atoms with Crippen LogP contribution < -0.4 is 10.9 Å². The first-order valence-electron chi connectivity index (χ1n) is 10.5. The highest BCUT2D eigenvalue weighted by Crippen LogP contribution is 2.22. The Labute approximate surface area is 181 Å². The summed E-state index contributed by atoms with van der Waals surface area (Å²) in [5.41, 5.74) is 1.89. The quantitative estimate of drug-likeness (QED) is 0.404. The van der Waals surface area contributed by atoms with Crippen molar-refractivity contribution in [2.75, 3.05) is 5.75 Å². The number of carbonyl (C=O) groups excluding carboxylic acids is 1. The summed E-state index contributed by atoms with van der Waals surface area (Å²) in [4.78, 5) is 30.2. The standard InChI is InChI=1S/C24H29N3O2S/c1-4-18(3)27-23(29)20-12-8-9-13-21(20)26-24(27)30-16-22(28)25-17(2)14-15-19-10-6-5-7-11-19/h5-13,17-18H,4,14-16H2,1-3H3,(H,25,28)/t17-,18+/m0/s1. The summed E-state index contributed by atoms with van der Waals surface area (Å²) in [7, 11) is 0. The zero-order valence-corrected chi connectivity index (χ0v) is 18.6. The number of nitrogens with zero attached hydrogens (tertiary/aromatic N) is 2. The number of carbonyl (C=O) groups is 1. The molecule has 5 nitrogen and oxygen atoms in total. The van der Waals surface area contributed by atoms with Gasteiger partial charge in [-0.3, -0.25) is 14.2 Å². The lowest BCUT2D eigenvalue weighted by atomic mass is 10.1. The molecule has 3 aromatic rings. The van der Waals surface area contributed by atoms with Gasteiger partial charge in [-0.25, -0.2) is 4.98 Å². The highest BCUT2D eigenvalue weighted by Gasteiger charge is 2.17. The molecule has 0 radical (unpaired) electrons. The average molecular weight is 424 g/mol. The van der Waals surface area contributed by atoms with E-state index < -0.39 is 0 Å². The number of hydrogen-bond acceptors (Lipinski definition) is 4. The molecule has 0 unspecified atom stereocenters. The molecule has 0 saturated carbocycles. The van der Waals surface area contributed by atoms with Gasteiger partial charge in [-0.1, -0.05) is 61.2 Å². The van der Waals surface area contributed by atoms with Gasteiger partial charge in [0.15, 0.2) is 5.16 Å². The predicted molar refractivity (Wildman–Crippen MR) is 124 cm³/mol. The largest absolute Gasteiger partial charge is 0.353 e. The maximum Gasteiger partial charge on any atom is 0.262 e. The maximum absolute atomic E-state index is 13.0. The van der Waals surface area contributed by atoms with Gasteiger partial charge in [-0.15, -0.1) is 0 Å². The molecule has 0 aliphatic heterocycles. The smallest absolute Gasteiger partial charge is 0.262 e. The highest BCUT2D eigenvalue weighted by molar-refractivity contribution is 7.99. The van der Waals surface area contributed by atoms with Crippen LogP contribution in [0.15, 0.2) is 64.5 Å². The van der Waals surface area contributed by atoms with Gasteiger partial charge in [-0.2, -0.15) is 0 Å². The Morgan fingerprint density at radius 2 is 1.80 bits per heavy atom. The molecular weight excluding hydrogens is 394 g/mol. The number of fused-ring (bicyclic) bond motifs is 1. The Kier molecular flexibility index (Phi) is 7.69. The topological polar surface area (TPSA) is 64.0 Å². The number of hydrogen-bond donors (Lipinski definition) is 1. The van der Waals surface area contributed by atoms with Crippen molar-refractivity contribution in [2.45, 2.75) is 57.3 Å². The lowest BCUT2D eigenvalue weighted by Crippen LogP contribution is -2.34. The fourth-order valence-corrected chi connectivity index (χ4v) is 4.25. The van der Waals surface area contributed by atoms with Gasteiger partial charge in [-0.05, 0) is 50.8 Å². The SMILES string of the molecule is CC[C@@H](C)n1c(SCC(=O)N[C@@H](C)CCc2ccccc2)nc2ccccc2c1=O. The molecule has 0 fully saturated rings. The molecule has 1 N–H and O–H groups in total. The predicted octanol–water partition coefficient (Wildman–Crippen LogP) is 4.60. The van der Waals surface area contributed by atoms with E-state index in [-0.39, 0.29) is 29.3 Å². The first-order valence-corrected chi connectivity index (χ1v) is 11.5. The molecule has 2 aromatic carbocycles. The minimum Gasteiger partial charge on any atom is -0.353 e. The molecule has 1 aromatic heterocycles. The Bertz CT molecular complexity index is 1050. The summed E-state index contributed by atoms with van der Waals surface area (Å²) in [5, 5.41) is 4.27. The van der Waals surface area contributed by atoms with Crippen molar-refractivity contribution in [1.29, 1.82) is 0 Å². The normalized spacial score (nSPS) is 13.2. The van der Waals surface area contributed by atoms with Crippen molar-refractivity contribution in [3.63, 3.8) is 0 Å². The van der Waals surface area contributed by atoms with E-state index in [9.17, 15) is 9.59 Å². The van der Waals surface area contributed by atoms with E-state index >= 15 is 0 Å².